The normalized spacial score (nSPS) is 10.7. The summed E-state index contributed by atoms with van der Waals surface area (Å²) in [7, 11) is 0. The lowest BCUT2D eigenvalue weighted by atomic mass is 10.1. The average molecular weight is 483 g/mol. The van der Waals surface area contributed by atoms with Gasteiger partial charge in [0.25, 0.3) is 0 Å². The van der Waals surface area contributed by atoms with Crippen molar-refractivity contribution in [2.45, 2.75) is 20.5 Å². The van der Waals surface area contributed by atoms with Gasteiger partial charge >= 0.3 is 0 Å². The number of nitrogens with zero attached hydrogens (tertiary/aromatic N) is 3. The Hall–Kier alpha value is -4.48. The van der Waals surface area contributed by atoms with Crippen LogP contribution < -0.4 is 14.8 Å². The Balaban J connectivity index is 1.40. The summed E-state index contributed by atoms with van der Waals surface area (Å²) in [4.78, 5) is 21.1. The molecule has 4 aromatic rings. The number of rotatable bonds is 8. The number of hydrogen-bond donors (Lipinski definition) is 1. The molecule has 0 fully saturated rings. The molecule has 0 spiro atoms. The number of thiazole rings is 1. The molecular weight excluding hydrogens is 460 g/mol. The molecule has 2 aromatic carbocycles. The van der Waals surface area contributed by atoms with E-state index >= 15 is 0 Å². The molecule has 1 N–H and O–H groups in total. The maximum absolute atomic E-state index is 12.6. The third-order valence-corrected chi connectivity index (χ3v) is 5.76. The molecular formula is C27H22N4O3S. The van der Waals surface area contributed by atoms with Crippen molar-refractivity contribution in [3.05, 3.63) is 99.6 Å². The number of amides is 1. The number of carbonyl (C=O) groups is 1. The molecule has 0 saturated heterocycles. The summed E-state index contributed by atoms with van der Waals surface area (Å²) < 4.78 is 11.6. The zero-order chi connectivity index (χ0) is 24.6. The number of hydrogen-bond acceptors (Lipinski definition) is 7. The highest BCUT2D eigenvalue weighted by Gasteiger charge is 2.09. The van der Waals surface area contributed by atoms with Gasteiger partial charge in [-0.3, -0.25) is 4.79 Å². The SMILES string of the molecule is Cc1nc(COc2ccccc2C=CC(=O)Nc2ccc(Oc3ncccc3C#N)cc2C)cs1. The zero-order valence-electron chi connectivity index (χ0n) is 19.2. The smallest absolute Gasteiger partial charge is 0.248 e. The van der Waals surface area contributed by atoms with E-state index in [1.807, 2.05) is 43.5 Å². The minimum absolute atomic E-state index is 0.236. The van der Waals surface area contributed by atoms with E-state index in [9.17, 15) is 10.1 Å². The van der Waals surface area contributed by atoms with E-state index in [1.54, 1.807) is 53.9 Å². The number of carbonyl (C=O) groups excluding carboxylic acids is 1. The molecule has 0 saturated carbocycles. The Morgan fingerprint density at radius 1 is 1.17 bits per heavy atom. The standard InChI is InChI=1S/C27H22N4O3S/c1-18-14-23(34-27-21(15-28)7-5-13-29-27)10-11-24(18)31-26(32)12-9-20-6-3-4-8-25(20)33-16-22-17-35-19(2)30-22/h3-14,17H,16H2,1-2H3,(H,31,32). The second kappa shape index (κ2) is 11.1. The molecule has 0 radical (unpaired) electrons. The Morgan fingerprint density at radius 3 is 2.80 bits per heavy atom. The van der Waals surface area contributed by atoms with Crippen molar-refractivity contribution in [1.29, 1.82) is 5.26 Å². The lowest BCUT2D eigenvalue weighted by Gasteiger charge is -2.10. The molecule has 2 heterocycles. The van der Waals surface area contributed by atoms with Crippen molar-refractivity contribution < 1.29 is 14.3 Å². The number of nitrogens with one attached hydrogen (secondary N) is 1. The molecule has 0 aliphatic heterocycles. The summed E-state index contributed by atoms with van der Waals surface area (Å²) in [5, 5.41) is 15.0. The number of aromatic nitrogens is 2. The fourth-order valence-corrected chi connectivity index (χ4v) is 3.82. The first kappa shape index (κ1) is 23.7. The van der Waals surface area contributed by atoms with Crippen LogP contribution in [-0.4, -0.2) is 15.9 Å². The van der Waals surface area contributed by atoms with Gasteiger partial charge < -0.3 is 14.8 Å². The van der Waals surface area contributed by atoms with Crippen molar-refractivity contribution >= 4 is 29.0 Å². The highest BCUT2D eigenvalue weighted by Crippen LogP contribution is 2.27. The number of aryl methyl sites for hydroxylation is 2. The molecule has 0 aliphatic rings. The van der Waals surface area contributed by atoms with E-state index in [0.717, 1.165) is 21.8 Å². The Kier molecular flexibility index (Phi) is 7.50. The van der Waals surface area contributed by atoms with Crippen LogP contribution in [0.1, 0.15) is 27.4 Å². The fourth-order valence-electron chi connectivity index (χ4n) is 3.22. The third-order valence-electron chi connectivity index (χ3n) is 4.94. The van der Waals surface area contributed by atoms with Gasteiger partial charge in [0.15, 0.2) is 0 Å². The van der Waals surface area contributed by atoms with E-state index in [2.05, 4.69) is 21.4 Å². The quantitative estimate of drug-likeness (QED) is 0.307. The Bertz CT molecular complexity index is 1420. The first-order valence-electron chi connectivity index (χ1n) is 10.8. The van der Waals surface area contributed by atoms with Crippen molar-refractivity contribution in [2.24, 2.45) is 0 Å². The van der Waals surface area contributed by atoms with Gasteiger partial charge in [-0.15, -0.1) is 11.3 Å². The molecule has 0 bridgehead atoms. The molecule has 0 atom stereocenters. The lowest BCUT2D eigenvalue weighted by Crippen LogP contribution is -2.09. The van der Waals surface area contributed by atoms with Crippen LogP contribution >= 0.6 is 11.3 Å². The summed E-state index contributed by atoms with van der Waals surface area (Å²) >= 11 is 1.58. The minimum Gasteiger partial charge on any atom is -0.487 e. The van der Waals surface area contributed by atoms with Crippen LogP contribution in [0.3, 0.4) is 0 Å². The van der Waals surface area contributed by atoms with Gasteiger partial charge in [0.05, 0.1) is 10.7 Å². The van der Waals surface area contributed by atoms with Gasteiger partial charge in [0, 0.05) is 28.9 Å². The van der Waals surface area contributed by atoms with Crippen LogP contribution in [0.2, 0.25) is 0 Å². The number of pyridine rings is 1. The maximum atomic E-state index is 12.6. The Labute approximate surface area is 207 Å². The van der Waals surface area contributed by atoms with Crippen LogP contribution in [0.4, 0.5) is 5.69 Å². The van der Waals surface area contributed by atoms with Gasteiger partial charge in [-0.25, -0.2) is 9.97 Å². The molecule has 4 rings (SSSR count). The largest absolute Gasteiger partial charge is 0.487 e. The second-order valence-corrected chi connectivity index (χ2v) is 8.62. The molecule has 1 amide bonds. The van der Waals surface area contributed by atoms with Crippen LogP contribution in [0.5, 0.6) is 17.4 Å². The van der Waals surface area contributed by atoms with Crippen molar-refractivity contribution in [3.63, 3.8) is 0 Å². The van der Waals surface area contributed by atoms with Gasteiger partial charge in [-0.1, -0.05) is 18.2 Å². The zero-order valence-corrected chi connectivity index (χ0v) is 20.0. The maximum Gasteiger partial charge on any atom is 0.248 e. The monoisotopic (exact) mass is 482 g/mol. The Morgan fingerprint density at radius 2 is 2.03 bits per heavy atom. The van der Waals surface area contributed by atoms with Gasteiger partial charge in [-0.2, -0.15) is 5.26 Å². The number of benzene rings is 2. The average Bonchev–Trinajstić information content (AvgIpc) is 3.29. The van der Waals surface area contributed by atoms with Crippen molar-refractivity contribution in [2.75, 3.05) is 5.32 Å². The van der Waals surface area contributed by atoms with Crippen molar-refractivity contribution in [1.82, 2.24) is 9.97 Å². The van der Waals surface area contributed by atoms with Crippen LogP contribution in [0.25, 0.3) is 6.08 Å². The van der Waals surface area contributed by atoms with Crippen LogP contribution in [-0.2, 0) is 11.4 Å². The molecule has 2 aromatic heterocycles. The summed E-state index contributed by atoms with van der Waals surface area (Å²) in [6.07, 6.45) is 4.74. The first-order chi connectivity index (χ1) is 17.0. The van der Waals surface area contributed by atoms with Crippen molar-refractivity contribution in [3.8, 4) is 23.4 Å². The minimum atomic E-state index is -0.275. The van der Waals surface area contributed by atoms with E-state index in [-0.39, 0.29) is 11.8 Å². The lowest BCUT2D eigenvalue weighted by molar-refractivity contribution is -0.111. The van der Waals surface area contributed by atoms with E-state index in [4.69, 9.17) is 9.47 Å². The van der Waals surface area contributed by atoms with Crippen LogP contribution in [0, 0.1) is 25.2 Å². The topological polar surface area (TPSA) is 97.1 Å². The highest BCUT2D eigenvalue weighted by atomic mass is 32.1. The second-order valence-electron chi connectivity index (χ2n) is 7.55. The predicted molar refractivity (Wildman–Crippen MR) is 135 cm³/mol. The fraction of sp³-hybridized carbons (Fsp3) is 0.111. The summed E-state index contributed by atoms with van der Waals surface area (Å²) in [6.45, 7) is 4.18. The number of ether oxygens (including phenoxy) is 2. The van der Waals surface area contributed by atoms with Gasteiger partial charge in [0.1, 0.15) is 29.7 Å². The van der Waals surface area contributed by atoms with E-state index in [0.29, 0.717) is 29.4 Å². The summed E-state index contributed by atoms with van der Waals surface area (Å²) in [5.41, 5.74) is 3.47. The first-order valence-corrected chi connectivity index (χ1v) is 11.7. The number of anilines is 1. The van der Waals surface area contributed by atoms with E-state index < -0.39 is 0 Å². The highest BCUT2D eigenvalue weighted by molar-refractivity contribution is 7.09. The van der Waals surface area contributed by atoms with Crippen LogP contribution in [0.15, 0.2) is 72.3 Å². The van der Waals surface area contributed by atoms with Gasteiger partial charge in [0.2, 0.25) is 11.8 Å². The molecule has 0 aliphatic carbocycles. The van der Waals surface area contributed by atoms with E-state index in [1.165, 1.54) is 6.08 Å². The predicted octanol–water partition coefficient (Wildman–Crippen LogP) is 6.05. The number of para-hydroxylation sites is 1. The third kappa shape index (κ3) is 6.31. The summed E-state index contributed by atoms with van der Waals surface area (Å²) in [5.74, 6) is 1.15. The molecule has 35 heavy (non-hydrogen) atoms. The summed E-state index contributed by atoms with van der Waals surface area (Å²) in [6, 6.07) is 18.1. The molecule has 0 unspecified atom stereocenters. The molecule has 174 valence electrons. The molecule has 7 nitrogen and oxygen atoms in total. The molecule has 8 heteroatoms. The van der Waals surface area contributed by atoms with Gasteiger partial charge in [-0.05, 0) is 61.9 Å². The number of nitriles is 1.